The number of rotatable bonds is 7. The molecule has 0 radical (unpaired) electrons. The van der Waals surface area contributed by atoms with Crippen LogP contribution in [0.15, 0.2) is 237 Å². The van der Waals surface area contributed by atoms with E-state index in [1.165, 1.54) is 103 Å². The summed E-state index contributed by atoms with van der Waals surface area (Å²) in [6.07, 6.45) is 0. The molecule has 0 spiro atoms. The van der Waals surface area contributed by atoms with Crippen molar-refractivity contribution in [2.45, 2.75) is 0 Å². The van der Waals surface area contributed by atoms with Gasteiger partial charge in [0.15, 0.2) is 0 Å². The quantitative estimate of drug-likeness (QED) is 0.145. The number of anilines is 3. The van der Waals surface area contributed by atoms with Gasteiger partial charge in [-0.3, -0.25) is 0 Å². The molecular formula is C60H39NS. The minimum atomic E-state index is 1.11. The lowest BCUT2D eigenvalue weighted by Gasteiger charge is -2.27. The van der Waals surface area contributed by atoms with Crippen molar-refractivity contribution in [1.82, 2.24) is 0 Å². The van der Waals surface area contributed by atoms with E-state index in [4.69, 9.17) is 0 Å². The third-order valence-electron chi connectivity index (χ3n) is 12.5. The van der Waals surface area contributed by atoms with Gasteiger partial charge in [-0.2, -0.15) is 0 Å². The van der Waals surface area contributed by atoms with Crippen molar-refractivity contribution in [3.05, 3.63) is 237 Å². The van der Waals surface area contributed by atoms with Gasteiger partial charge >= 0.3 is 0 Å². The molecule has 2 heteroatoms. The predicted octanol–water partition coefficient (Wildman–Crippen LogP) is 17.7. The van der Waals surface area contributed by atoms with Gasteiger partial charge in [0, 0.05) is 31.5 Å². The first-order valence-corrected chi connectivity index (χ1v) is 22.1. The van der Waals surface area contributed by atoms with Gasteiger partial charge in [0.2, 0.25) is 0 Å². The van der Waals surface area contributed by atoms with E-state index in [-0.39, 0.29) is 0 Å². The van der Waals surface area contributed by atoms with E-state index < -0.39 is 0 Å². The fourth-order valence-electron chi connectivity index (χ4n) is 9.62. The topological polar surface area (TPSA) is 3.24 Å². The van der Waals surface area contributed by atoms with Crippen molar-refractivity contribution in [2.75, 3.05) is 4.90 Å². The summed E-state index contributed by atoms with van der Waals surface area (Å²) in [5.41, 5.74) is 13.2. The van der Waals surface area contributed by atoms with Crippen LogP contribution in [0.5, 0.6) is 0 Å². The van der Waals surface area contributed by atoms with Gasteiger partial charge in [0.1, 0.15) is 0 Å². The molecular weight excluding hydrogens is 767 g/mol. The Bertz CT molecular complexity index is 3600. The maximum absolute atomic E-state index is 2.43. The van der Waals surface area contributed by atoms with Crippen molar-refractivity contribution in [2.24, 2.45) is 0 Å². The van der Waals surface area contributed by atoms with E-state index in [0.717, 1.165) is 11.4 Å². The number of hydrogen-bond donors (Lipinski definition) is 0. The third-order valence-corrected chi connectivity index (χ3v) is 13.6. The summed E-state index contributed by atoms with van der Waals surface area (Å²) in [7, 11) is 0. The second-order valence-electron chi connectivity index (χ2n) is 16.0. The molecule has 0 saturated heterocycles. The van der Waals surface area contributed by atoms with Crippen LogP contribution < -0.4 is 4.90 Å². The first kappa shape index (κ1) is 36.1. The molecule has 0 aliphatic rings. The van der Waals surface area contributed by atoms with E-state index in [1.54, 1.807) is 0 Å². The molecule has 0 bridgehead atoms. The smallest absolute Gasteiger partial charge is 0.0554 e. The van der Waals surface area contributed by atoms with Crippen LogP contribution in [0.3, 0.4) is 0 Å². The zero-order valence-electron chi connectivity index (χ0n) is 33.9. The highest BCUT2D eigenvalue weighted by Crippen LogP contribution is 2.48. The Morgan fingerprint density at radius 2 is 0.806 bits per heavy atom. The summed E-state index contributed by atoms with van der Waals surface area (Å²) in [6.45, 7) is 0. The van der Waals surface area contributed by atoms with Gasteiger partial charge in [0.05, 0.1) is 5.69 Å². The second-order valence-corrected chi connectivity index (χ2v) is 17.1. The van der Waals surface area contributed by atoms with E-state index in [9.17, 15) is 0 Å². The molecule has 0 aliphatic heterocycles. The molecule has 12 rings (SSSR count). The lowest BCUT2D eigenvalue weighted by molar-refractivity contribution is 1.30. The number of thiophene rings is 1. The molecule has 1 aromatic heterocycles. The Morgan fingerprint density at radius 1 is 0.290 bits per heavy atom. The highest BCUT2D eigenvalue weighted by atomic mass is 32.1. The summed E-state index contributed by atoms with van der Waals surface area (Å²) in [4.78, 5) is 2.43. The van der Waals surface area contributed by atoms with Gasteiger partial charge < -0.3 is 4.90 Å². The molecule has 0 amide bonds. The first-order valence-electron chi connectivity index (χ1n) is 21.3. The number of hydrogen-bond acceptors (Lipinski definition) is 2. The molecule has 1 heterocycles. The maximum atomic E-state index is 2.43. The standard InChI is InChI=1S/C60H39NS/c1-3-16-43(17-4-1)58-52-23-10-9-22-50(52)51-38-33-45(39-54(51)59(58)44-18-5-2-6-19-44)40-29-34-46(35-30-40)61(55-26-14-28-57-60(55)53-24-11-12-27-56(53)62-57)47-36-31-42(32-37-47)49-25-13-20-41-15-7-8-21-48(41)49/h1-39H. The molecule has 0 unspecified atom stereocenters. The third kappa shape index (κ3) is 6.07. The molecule has 0 atom stereocenters. The zero-order chi connectivity index (χ0) is 41.0. The molecule has 0 N–H and O–H groups in total. The fourth-order valence-corrected chi connectivity index (χ4v) is 10.7. The van der Waals surface area contributed by atoms with Crippen molar-refractivity contribution in [1.29, 1.82) is 0 Å². The highest BCUT2D eigenvalue weighted by molar-refractivity contribution is 7.26. The Morgan fingerprint density at radius 3 is 1.53 bits per heavy atom. The van der Waals surface area contributed by atoms with Gasteiger partial charge in [-0.1, -0.05) is 188 Å². The number of benzene rings is 11. The Balaban J connectivity index is 1.02. The van der Waals surface area contributed by atoms with Crippen LogP contribution in [-0.2, 0) is 0 Å². The summed E-state index contributed by atoms with van der Waals surface area (Å²) in [5, 5.41) is 10.1. The normalized spacial score (nSPS) is 11.5. The molecule has 11 aromatic carbocycles. The van der Waals surface area contributed by atoms with Gasteiger partial charge in [0.25, 0.3) is 0 Å². The summed E-state index contributed by atoms with van der Waals surface area (Å²) < 4.78 is 2.58. The van der Waals surface area contributed by atoms with Crippen LogP contribution >= 0.6 is 11.3 Å². The predicted molar refractivity (Wildman–Crippen MR) is 268 cm³/mol. The maximum Gasteiger partial charge on any atom is 0.0554 e. The van der Waals surface area contributed by atoms with Gasteiger partial charge in [-0.25, -0.2) is 0 Å². The summed E-state index contributed by atoms with van der Waals surface area (Å²) in [5.74, 6) is 0. The second kappa shape index (κ2) is 15.0. The minimum Gasteiger partial charge on any atom is -0.310 e. The summed E-state index contributed by atoms with van der Waals surface area (Å²) in [6, 6.07) is 86.7. The van der Waals surface area contributed by atoms with Crippen molar-refractivity contribution in [3.8, 4) is 44.5 Å². The van der Waals surface area contributed by atoms with Crippen molar-refractivity contribution < 1.29 is 0 Å². The zero-order valence-corrected chi connectivity index (χ0v) is 34.7. The molecule has 0 fully saturated rings. The van der Waals surface area contributed by atoms with E-state index >= 15 is 0 Å². The SMILES string of the molecule is c1ccc(-c2c(-c3ccccc3)c3cc(-c4ccc(N(c5ccc(-c6cccc7ccccc67)cc5)c5cccc6sc7ccccc7c56)cc4)ccc3c3ccccc23)cc1. The number of fused-ring (bicyclic) bond motifs is 7. The van der Waals surface area contributed by atoms with E-state index in [1.807, 2.05) is 11.3 Å². The fraction of sp³-hybridized carbons (Fsp3) is 0. The Labute approximate surface area is 365 Å². The molecule has 1 nitrogen and oxygen atoms in total. The summed E-state index contributed by atoms with van der Waals surface area (Å²) >= 11 is 1.86. The van der Waals surface area contributed by atoms with Gasteiger partial charge in [-0.05, 0) is 125 Å². The van der Waals surface area contributed by atoms with Crippen LogP contribution in [-0.4, -0.2) is 0 Å². The van der Waals surface area contributed by atoms with Crippen LogP contribution in [0.1, 0.15) is 0 Å². The lowest BCUT2D eigenvalue weighted by atomic mass is 9.84. The van der Waals surface area contributed by atoms with Crippen LogP contribution in [0.25, 0.3) is 97.0 Å². The lowest BCUT2D eigenvalue weighted by Crippen LogP contribution is -2.10. The monoisotopic (exact) mass is 805 g/mol. The van der Waals surface area contributed by atoms with Crippen molar-refractivity contribution in [3.63, 3.8) is 0 Å². The highest BCUT2D eigenvalue weighted by Gasteiger charge is 2.21. The van der Waals surface area contributed by atoms with Crippen LogP contribution in [0.4, 0.5) is 17.1 Å². The minimum absolute atomic E-state index is 1.11. The molecule has 12 aromatic rings. The van der Waals surface area contributed by atoms with Crippen molar-refractivity contribution >= 4 is 80.9 Å². The molecule has 290 valence electrons. The largest absolute Gasteiger partial charge is 0.310 e. The Kier molecular flexibility index (Phi) is 8.76. The molecule has 0 saturated carbocycles. The average Bonchev–Trinajstić information content (AvgIpc) is 3.74. The molecule has 62 heavy (non-hydrogen) atoms. The Hall–Kier alpha value is -7.78. The van der Waals surface area contributed by atoms with Gasteiger partial charge in [-0.15, -0.1) is 11.3 Å². The van der Waals surface area contributed by atoms with E-state index in [0.29, 0.717) is 0 Å². The first-order chi connectivity index (χ1) is 30.8. The molecule has 0 aliphatic carbocycles. The number of nitrogens with zero attached hydrogens (tertiary/aromatic N) is 1. The van der Waals surface area contributed by atoms with Crippen LogP contribution in [0.2, 0.25) is 0 Å². The van der Waals surface area contributed by atoms with E-state index in [2.05, 4.69) is 241 Å². The average molecular weight is 806 g/mol. The van der Waals surface area contributed by atoms with Crippen LogP contribution in [0, 0.1) is 0 Å².